The van der Waals surface area contributed by atoms with Gasteiger partial charge in [-0.15, -0.1) is 0 Å². The van der Waals surface area contributed by atoms with Crippen LogP contribution in [-0.4, -0.2) is 66.9 Å². The van der Waals surface area contributed by atoms with Gasteiger partial charge in [-0.2, -0.15) is 0 Å². The summed E-state index contributed by atoms with van der Waals surface area (Å²) < 4.78 is 18.9. The van der Waals surface area contributed by atoms with Crippen LogP contribution < -0.4 is 10.5 Å². The number of nitrogens with two attached hydrogens (primary N) is 1. The molecule has 6 nitrogen and oxygen atoms in total. The van der Waals surface area contributed by atoms with Gasteiger partial charge in [-0.1, -0.05) is 12.1 Å². The fraction of sp³-hybridized carbons (Fsp3) is 0.462. The molecule has 1 atom stereocenters. The summed E-state index contributed by atoms with van der Waals surface area (Å²) in [6.07, 6.45) is 3.33. The van der Waals surface area contributed by atoms with Crippen LogP contribution in [0.1, 0.15) is 35.2 Å². The van der Waals surface area contributed by atoms with E-state index in [2.05, 4.69) is 4.90 Å². The van der Waals surface area contributed by atoms with Crippen LogP contribution in [0.2, 0.25) is 0 Å². The lowest BCUT2D eigenvalue weighted by Gasteiger charge is -2.36. The number of benzene rings is 2. The number of Topliss-reactive ketones (excluding diaryl/α,β-unsaturated/α-hetero) is 1. The van der Waals surface area contributed by atoms with Crippen LogP contribution in [-0.2, 0) is 11.2 Å². The molecule has 176 valence electrons. The summed E-state index contributed by atoms with van der Waals surface area (Å²) in [7, 11) is 0. The zero-order valence-corrected chi connectivity index (χ0v) is 18.9. The molecule has 2 aromatic rings. The first-order valence-corrected chi connectivity index (χ1v) is 11.8. The summed E-state index contributed by atoms with van der Waals surface area (Å²) in [6.45, 7) is 4.46. The highest BCUT2D eigenvalue weighted by Crippen LogP contribution is 2.32. The van der Waals surface area contributed by atoms with E-state index in [1.807, 2.05) is 29.2 Å². The van der Waals surface area contributed by atoms with Gasteiger partial charge in [0.25, 0.3) is 0 Å². The molecule has 2 fully saturated rings. The zero-order chi connectivity index (χ0) is 23.2. The van der Waals surface area contributed by atoms with Gasteiger partial charge in [-0.05, 0) is 67.6 Å². The lowest BCUT2D eigenvalue weighted by Crippen LogP contribution is -2.53. The van der Waals surface area contributed by atoms with Crippen LogP contribution in [0.15, 0.2) is 48.5 Å². The van der Waals surface area contributed by atoms with E-state index in [9.17, 15) is 14.0 Å². The fourth-order valence-corrected chi connectivity index (χ4v) is 4.16. The highest BCUT2D eigenvalue weighted by molar-refractivity contribution is 5.99. The molecule has 33 heavy (non-hydrogen) atoms. The van der Waals surface area contributed by atoms with Crippen molar-refractivity contribution in [1.82, 2.24) is 9.80 Å². The first-order chi connectivity index (χ1) is 16.0. The Morgan fingerprint density at radius 2 is 1.67 bits per heavy atom. The minimum atomic E-state index is -0.610. The number of piperazine rings is 1. The molecule has 0 bridgehead atoms. The summed E-state index contributed by atoms with van der Waals surface area (Å²) in [5.74, 6) is 0.922. The number of carbonyl (C=O) groups excluding carboxylic acids is 2. The molecule has 1 unspecified atom stereocenters. The van der Waals surface area contributed by atoms with Crippen LogP contribution >= 0.6 is 0 Å². The number of ketones is 1. The highest BCUT2D eigenvalue weighted by Gasteiger charge is 2.30. The van der Waals surface area contributed by atoms with E-state index < -0.39 is 6.04 Å². The quantitative estimate of drug-likeness (QED) is 0.442. The first-order valence-electron chi connectivity index (χ1n) is 11.8. The van der Waals surface area contributed by atoms with Crippen LogP contribution in [0.5, 0.6) is 5.75 Å². The van der Waals surface area contributed by atoms with Gasteiger partial charge >= 0.3 is 0 Å². The normalized spacial score (nSPS) is 17.6. The van der Waals surface area contributed by atoms with Crippen molar-refractivity contribution in [3.8, 4) is 5.75 Å². The van der Waals surface area contributed by atoms with Crippen LogP contribution in [0, 0.1) is 11.7 Å². The molecule has 1 saturated carbocycles. The molecule has 1 aliphatic heterocycles. The van der Waals surface area contributed by atoms with Crippen molar-refractivity contribution in [2.75, 3.05) is 39.3 Å². The maximum Gasteiger partial charge on any atom is 0.239 e. The number of hydrogen-bond acceptors (Lipinski definition) is 5. The van der Waals surface area contributed by atoms with E-state index in [0.717, 1.165) is 55.8 Å². The smallest absolute Gasteiger partial charge is 0.239 e. The molecule has 0 aromatic heterocycles. The van der Waals surface area contributed by atoms with Crippen LogP contribution in [0.4, 0.5) is 4.39 Å². The van der Waals surface area contributed by atoms with Crippen molar-refractivity contribution < 1.29 is 18.7 Å². The summed E-state index contributed by atoms with van der Waals surface area (Å²) >= 11 is 0. The van der Waals surface area contributed by atoms with E-state index in [1.54, 1.807) is 12.1 Å². The molecule has 1 heterocycles. The molecule has 2 aromatic carbocycles. The molecule has 7 heteroatoms. The minimum absolute atomic E-state index is 0.0501. The second-order valence-electron chi connectivity index (χ2n) is 8.97. The Labute approximate surface area is 194 Å². The van der Waals surface area contributed by atoms with Gasteiger partial charge in [0.15, 0.2) is 5.78 Å². The second kappa shape index (κ2) is 10.9. The molecule has 1 amide bonds. The lowest BCUT2D eigenvalue weighted by atomic mass is 10.1. The highest BCUT2D eigenvalue weighted by atomic mass is 19.1. The number of amides is 1. The average Bonchev–Trinajstić information content (AvgIpc) is 3.69. The van der Waals surface area contributed by atoms with Crippen LogP contribution in [0.25, 0.3) is 0 Å². The first kappa shape index (κ1) is 23.4. The predicted octanol–water partition coefficient (Wildman–Crippen LogP) is 2.90. The Hall–Kier alpha value is -2.77. The Kier molecular flexibility index (Phi) is 7.73. The number of rotatable bonds is 10. The number of nitrogens with zero attached hydrogens (tertiary/aromatic N) is 2. The molecule has 1 saturated heterocycles. The zero-order valence-electron chi connectivity index (χ0n) is 18.9. The average molecular weight is 454 g/mol. The number of ether oxygens (including phenoxy) is 1. The van der Waals surface area contributed by atoms with Crippen molar-refractivity contribution >= 4 is 11.7 Å². The third-order valence-electron chi connectivity index (χ3n) is 6.34. The third kappa shape index (κ3) is 6.62. The van der Waals surface area contributed by atoms with E-state index in [0.29, 0.717) is 26.1 Å². The van der Waals surface area contributed by atoms with E-state index >= 15 is 0 Å². The maximum absolute atomic E-state index is 13.0. The molecule has 0 radical (unpaired) electrons. The van der Waals surface area contributed by atoms with Gasteiger partial charge in [-0.3, -0.25) is 14.5 Å². The lowest BCUT2D eigenvalue weighted by molar-refractivity contribution is -0.134. The van der Waals surface area contributed by atoms with Crippen molar-refractivity contribution in [1.29, 1.82) is 0 Å². The molecule has 4 rings (SSSR count). The Morgan fingerprint density at radius 3 is 2.30 bits per heavy atom. The molecular formula is C26H32FN3O3. The third-order valence-corrected chi connectivity index (χ3v) is 6.34. The summed E-state index contributed by atoms with van der Waals surface area (Å²) in [4.78, 5) is 28.9. The minimum Gasteiger partial charge on any atom is -0.494 e. The fourth-order valence-electron chi connectivity index (χ4n) is 4.16. The summed E-state index contributed by atoms with van der Waals surface area (Å²) in [5, 5.41) is 0. The standard InChI is InChI=1S/C26H32FN3O3/c27-22-8-2-19(3-9-22)18-24(28)26(32)30-15-13-29(14-16-30)12-1-17-33-23-10-6-21(7-11-23)25(31)20-4-5-20/h2-3,6-11,20,24H,1,4-5,12-18,28H2. The molecule has 1 aliphatic carbocycles. The number of hydrogen-bond donors (Lipinski definition) is 1. The van der Waals surface area contributed by atoms with Gasteiger partial charge in [-0.25, -0.2) is 4.39 Å². The van der Waals surface area contributed by atoms with E-state index in [1.165, 1.54) is 12.1 Å². The topological polar surface area (TPSA) is 75.9 Å². The molecule has 0 spiro atoms. The Bertz CT molecular complexity index is 936. The van der Waals surface area contributed by atoms with Crippen molar-refractivity contribution in [2.24, 2.45) is 11.7 Å². The molecule has 2 aliphatic rings. The van der Waals surface area contributed by atoms with Gasteiger partial charge in [0.2, 0.25) is 5.91 Å². The largest absolute Gasteiger partial charge is 0.494 e. The maximum atomic E-state index is 13.0. The predicted molar refractivity (Wildman–Crippen MR) is 125 cm³/mol. The Morgan fingerprint density at radius 1 is 1.00 bits per heavy atom. The van der Waals surface area contributed by atoms with Gasteiger partial charge in [0, 0.05) is 44.2 Å². The van der Waals surface area contributed by atoms with E-state index in [4.69, 9.17) is 10.5 Å². The molecular weight excluding hydrogens is 421 g/mol. The SMILES string of the molecule is NC(Cc1ccc(F)cc1)C(=O)N1CCN(CCCOc2ccc(C(=O)C3CC3)cc2)CC1. The van der Waals surface area contributed by atoms with Crippen molar-refractivity contribution in [2.45, 2.75) is 31.7 Å². The summed E-state index contributed by atoms with van der Waals surface area (Å²) in [6, 6.07) is 13.0. The molecule has 2 N–H and O–H groups in total. The van der Waals surface area contributed by atoms with Gasteiger partial charge < -0.3 is 15.4 Å². The summed E-state index contributed by atoms with van der Waals surface area (Å²) in [5.41, 5.74) is 7.75. The number of halogens is 1. The second-order valence-corrected chi connectivity index (χ2v) is 8.97. The Balaban J connectivity index is 1.12. The van der Waals surface area contributed by atoms with Gasteiger partial charge in [0.1, 0.15) is 11.6 Å². The monoisotopic (exact) mass is 453 g/mol. The van der Waals surface area contributed by atoms with Crippen molar-refractivity contribution in [3.05, 3.63) is 65.5 Å². The number of carbonyl (C=O) groups is 2. The van der Waals surface area contributed by atoms with Crippen LogP contribution in [0.3, 0.4) is 0 Å². The van der Waals surface area contributed by atoms with E-state index in [-0.39, 0.29) is 23.4 Å². The van der Waals surface area contributed by atoms with Crippen molar-refractivity contribution in [3.63, 3.8) is 0 Å². The van der Waals surface area contributed by atoms with Gasteiger partial charge in [0.05, 0.1) is 12.6 Å².